The molecule has 6 heteroatoms. The van der Waals surface area contributed by atoms with Crippen molar-refractivity contribution in [2.45, 2.75) is 6.92 Å². The third-order valence-corrected chi connectivity index (χ3v) is 2.29. The van der Waals surface area contributed by atoms with E-state index in [4.69, 9.17) is 10.5 Å². The molecule has 0 saturated heterocycles. The highest BCUT2D eigenvalue weighted by atomic mass is 16.6. The van der Waals surface area contributed by atoms with Crippen LogP contribution in [0.5, 0.6) is 11.6 Å². The summed E-state index contributed by atoms with van der Waals surface area (Å²) < 4.78 is 5.48. The Bertz CT molecular complexity index is 599. The van der Waals surface area contributed by atoms with Crippen LogP contribution in [0.2, 0.25) is 0 Å². The maximum absolute atomic E-state index is 10.6. The molecule has 0 fully saturated rings. The van der Waals surface area contributed by atoms with Gasteiger partial charge in [0.25, 0.3) is 5.69 Å². The maximum Gasteiger partial charge on any atom is 0.273 e. The number of nitrogens with two attached hydrogens (primary N) is 1. The van der Waals surface area contributed by atoms with Crippen LogP contribution in [0.4, 0.5) is 11.4 Å². The van der Waals surface area contributed by atoms with E-state index >= 15 is 0 Å². The minimum atomic E-state index is -0.476. The Labute approximate surface area is 103 Å². The van der Waals surface area contributed by atoms with Gasteiger partial charge in [0, 0.05) is 11.6 Å². The summed E-state index contributed by atoms with van der Waals surface area (Å²) >= 11 is 0. The molecule has 2 aromatic rings. The van der Waals surface area contributed by atoms with Crippen LogP contribution in [-0.4, -0.2) is 9.91 Å². The molecular formula is C12H11N3O3. The van der Waals surface area contributed by atoms with Crippen molar-refractivity contribution < 1.29 is 9.66 Å². The number of nitro groups is 1. The Kier molecular flexibility index (Phi) is 3.09. The Balaban J connectivity index is 2.28. The van der Waals surface area contributed by atoms with Crippen LogP contribution >= 0.6 is 0 Å². The van der Waals surface area contributed by atoms with E-state index in [1.165, 1.54) is 18.3 Å². The van der Waals surface area contributed by atoms with Gasteiger partial charge in [-0.05, 0) is 19.1 Å². The molecule has 0 unspecified atom stereocenters. The molecule has 1 aromatic carbocycles. The highest BCUT2D eigenvalue weighted by molar-refractivity contribution is 5.44. The van der Waals surface area contributed by atoms with Crippen molar-refractivity contribution in [3.8, 4) is 11.6 Å². The third kappa shape index (κ3) is 2.54. The zero-order valence-corrected chi connectivity index (χ0v) is 9.66. The molecule has 0 saturated carbocycles. The number of anilines is 1. The smallest absolute Gasteiger partial charge is 0.273 e. The van der Waals surface area contributed by atoms with Crippen LogP contribution in [0.25, 0.3) is 0 Å². The molecule has 0 spiro atoms. The number of hydrogen-bond acceptors (Lipinski definition) is 5. The number of aryl methyl sites for hydroxylation is 1. The lowest BCUT2D eigenvalue weighted by atomic mass is 10.3. The zero-order chi connectivity index (χ0) is 13.1. The van der Waals surface area contributed by atoms with E-state index in [0.717, 1.165) is 5.56 Å². The average Bonchev–Trinajstić information content (AvgIpc) is 2.33. The number of nitrogen functional groups attached to an aromatic ring is 1. The average molecular weight is 245 g/mol. The fraction of sp³-hybridized carbons (Fsp3) is 0.0833. The Morgan fingerprint density at radius 2 is 2.17 bits per heavy atom. The largest absolute Gasteiger partial charge is 0.438 e. The first-order chi connectivity index (χ1) is 8.56. The zero-order valence-electron chi connectivity index (χ0n) is 9.66. The quantitative estimate of drug-likeness (QED) is 0.663. The lowest BCUT2D eigenvalue weighted by Gasteiger charge is -2.07. The molecule has 2 N–H and O–H groups in total. The van der Waals surface area contributed by atoms with E-state index in [-0.39, 0.29) is 5.69 Å². The Morgan fingerprint density at radius 3 is 2.83 bits per heavy atom. The standard InChI is InChI=1S/C12H11N3O3/c1-8-5-9(13)7-14-12(8)18-11-4-2-3-10(6-11)15(16)17/h2-7H,13H2,1H3. The van der Waals surface area contributed by atoms with Gasteiger partial charge < -0.3 is 10.5 Å². The molecule has 2 rings (SSSR count). The Morgan fingerprint density at radius 1 is 1.39 bits per heavy atom. The van der Waals surface area contributed by atoms with Crippen LogP contribution in [0, 0.1) is 17.0 Å². The Hall–Kier alpha value is -2.63. The van der Waals surface area contributed by atoms with E-state index in [1.807, 2.05) is 0 Å². The van der Waals surface area contributed by atoms with Crippen LogP contribution in [0.3, 0.4) is 0 Å². The van der Waals surface area contributed by atoms with Gasteiger partial charge in [0.15, 0.2) is 0 Å². The molecule has 0 atom stereocenters. The number of nitrogens with zero attached hydrogens (tertiary/aromatic N) is 2. The minimum absolute atomic E-state index is 0.0272. The minimum Gasteiger partial charge on any atom is -0.438 e. The molecule has 0 radical (unpaired) electrons. The van der Waals surface area contributed by atoms with E-state index in [2.05, 4.69) is 4.98 Å². The van der Waals surface area contributed by atoms with E-state index < -0.39 is 4.92 Å². The maximum atomic E-state index is 10.6. The van der Waals surface area contributed by atoms with Crippen LogP contribution in [0.15, 0.2) is 36.5 Å². The number of ether oxygens (including phenoxy) is 1. The number of aromatic nitrogens is 1. The summed E-state index contributed by atoms with van der Waals surface area (Å²) in [4.78, 5) is 14.2. The number of pyridine rings is 1. The molecule has 92 valence electrons. The lowest BCUT2D eigenvalue weighted by Crippen LogP contribution is -1.95. The molecule has 0 aliphatic rings. The van der Waals surface area contributed by atoms with Crippen LogP contribution in [0.1, 0.15) is 5.56 Å². The van der Waals surface area contributed by atoms with E-state index in [1.54, 1.807) is 25.1 Å². The van der Waals surface area contributed by atoms with Gasteiger partial charge in [0.05, 0.1) is 22.9 Å². The van der Waals surface area contributed by atoms with Crippen molar-refractivity contribution in [2.24, 2.45) is 0 Å². The van der Waals surface area contributed by atoms with E-state index in [0.29, 0.717) is 17.3 Å². The SMILES string of the molecule is Cc1cc(N)cnc1Oc1cccc([N+](=O)[O-])c1. The highest BCUT2D eigenvalue weighted by Gasteiger charge is 2.08. The van der Waals surface area contributed by atoms with Crippen molar-refractivity contribution in [1.29, 1.82) is 0 Å². The molecular weight excluding hydrogens is 234 g/mol. The molecule has 0 aliphatic heterocycles. The summed E-state index contributed by atoms with van der Waals surface area (Å²) in [6, 6.07) is 7.65. The summed E-state index contributed by atoms with van der Waals surface area (Å²) in [6.45, 7) is 1.80. The molecule has 0 amide bonds. The fourth-order valence-corrected chi connectivity index (χ4v) is 1.46. The predicted molar refractivity (Wildman–Crippen MR) is 66.6 cm³/mol. The fourth-order valence-electron chi connectivity index (χ4n) is 1.46. The predicted octanol–water partition coefficient (Wildman–Crippen LogP) is 2.67. The normalized spacial score (nSPS) is 10.1. The summed E-state index contributed by atoms with van der Waals surface area (Å²) in [7, 11) is 0. The van der Waals surface area contributed by atoms with Gasteiger partial charge in [0.1, 0.15) is 5.75 Å². The number of hydrogen-bond donors (Lipinski definition) is 1. The third-order valence-electron chi connectivity index (χ3n) is 2.29. The lowest BCUT2D eigenvalue weighted by molar-refractivity contribution is -0.384. The number of rotatable bonds is 3. The second-order valence-corrected chi connectivity index (χ2v) is 3.75. The van der Waals surface area contributed by atoms with Crippen molar-refractivity contribution in [1.82, 2.24) is 4.98 Å². The van der Waals surface area contributed by atoms with Crippen molar-refractivity contribution in [2.75, 3.05) is 5.73 Å². The summed E-state index contributed by atoms with van der Waals surface area (Å²) in [5, 5.41) is 10.6. The first kappa shape index (κ1) is 11.8. The molecule has 1 aromatic heterocycles. The van der Waals surface area contributed by atoms with Gasteiger partial charge >= 0.3 is 0 Å². The van der Waals surface area contributed by atoms with Gasteiger partial charge in [-0.3, -0.25) is 10.1 Å². The molecule has 18 heavy (non-hydrogen) atoms. The van der Waals surface area contributed by atoms with Gasteiger partial charge in [-0.1, -0.05) is 6.07 Å². The van der Waals surface area contributed by atoms with Gasteiger partial charge in [-0.25, -0.2) is 4.98 Å². The summed E-state index contributed by atoms with van der Waals surface area (Å²) in [6.07, 6.45) is 1.47. The van der Waals surface area contributed by atoms with Gasteiger partial charge in [-0.15, -0.1) is 0 Å². The monoisotopic (exact) mass is 245 g/mol. The number of non-ortho nitro benzene ring substituents is 1. The second kappa shape index (κ2) is 4.70. The summed E-state index contributed by atoms with van der Waals surface area (Å²) in [5.41, 5.74) is 6.86. The van der Waals surface area contributed by atoms with Crippen molar-refractivity contribution in [3.63, 3.8) is 0 Å². The summed E-state index contributed by atoms with van der Waals surface area (Å²) in [5.74, 6) is 0.745. The van der Waals surface area contributed by atoms with Gasteiger partial charge in [-0.2, -0.15) is 0 Å². The first-order valence-electron chi connectivity index (χ1n) is 5.20. The topological polar surface area (TPSA) is 91.3 Å². The van der Waals surface area contributed by atoms with Gasteiger partial charge in [0.2, 0.25) is 5.88 Å². The van der Waals surface area contributed by atoms with Crippen molar-refractivity contribution in [3.05, 3.63) is 52.2 Å². The second-order valence-electron chi connectivity index (χ2n) is 3.75. The molecule has 0 bridgehead atoms. The first-order valence-corrected chi connectivity index (χ1v) is 5.20. The number of nitro benzene ring substituents is 1. The number of benzene rings is 1. The van der Waals surface area contributed by atoms with Crippen molar-refractivity contribution >= 4 is 11.4 Å². The van der Waals surface area contributed by atoms with Crippen LogP contribution < -0.4 is 10.5 Å². The van der Waals surface area contributed by atoms with Crippen LogP contribution in [-0.2, 0) is 0 Å². The molecule has 0 aliphatic carbocycles. The molecule has 1 heterocycles. The highest BCUT2D eigenvalue weighted by Crippen LogP contribution is 2.26. The molecule has 6 nitrogen and oxygen atoms in total. The van der Waals surface area contributed by atoms with E-state index in [9.17, 15) is 10.1 Å².